The number of ether oxygens (including phenoxy) is 2. The maximum absolute atomic E-state index is 14.1. The monoisotopic (exact) mass is 1680 g/mol. The van der Waals surface area contributed by atoms with Gasteiger partial charge >= 0.3 is 11.9 Å². The van der Waals surface area contributed by atoms with Crippen LogP contribution in [0.2, 0.25) is 10.0 Å². The average molecular weight is 1690 g/mol. The Morgan fingerprint density at radius 2 is 1.07 bits per heavy atom. The van der Waals surface area contributed by atoms with Gasteiger partial charge in [0.05, 0.1) is 81.9 Å². The molecule has 38 nitrogen and oxygen atoms in total. The Bertz CT molecular complexity index is 5730. The van der Waals surface area contributed by atoms with E-state index in [0.29, 0.717) is 123 Å². The fourth-order valence-corrected chi connectivity index (χ4v) is 15.1. The van der Waals surface area contributed by atoms with E-state index in [4.69, 9.17) is 64.2 Å². The molecule has 120 heavy (non-hydrogen) atoms. The van der Waals surface area contributed by atoms with Gasteiger partial charge in [0.2, 0.25) is 41.4 Å². The highest BCUT2D eigenvalue weighted by molar-refractivity contribution is 6.40. The molecular weight excluding hydrogens is 1590 g/mol. The smallest absolute Gasteiger partial charge is 0.305 e. The summed E-state index contributed by atoms with van der Waals surface area (Å²) in [5, 5.41) is 47.2. The van der Waals surface area contributed by atoms with Crippen LogP contribution in [0.3, 0.4) is 0 Å². The maximum Gasteiger partial charge on any atom is 0.305 e. The van der Waals surface area contributed by atoms with Gasteiger partial charge in [-0.25, -0.2) is 19.9 Å². The molecule has 40 heteroatoms. The Morgan fingerprint density at radius 3 is 1.53 bits per heavy atom. The maximum atomic E-state index is 14.1. The number of amides is 9. The number of nitrogens with one attached hydrogen (secondary N) is 7. The minimum absolute atomic E-state index is 0.00202. The SMILES string of the molecule is CCn1nc(C)cc1C(=O)Nc1nc2cc(C(N)=O)cc(OC)c2n1C/C=C/Cn1c(NC(=O)c2cc(C)nn2CC)nc2cc(C(N)=O)cc(OCCCNC(=O)CNC(=O)[C@H](CC(=O)O)NC(=O)CCCN3CCc4c(nc(C(=O)Nc5cccc(-c6cccc(NC(=O)c7nc8c(n7C)CCN(CCCC(=O)O)C8)c6Cl)c5Cl)n4C)C3)c21. The molecule has 2 aliphatic heterocycles. The first kappa shape index (κ1) is 86.0. The lowest BCUT2D eigenvalue weighted by Crippen LogP contribution is -2.50. The zero-order valence-corrected chi connectivity index (χ0v) is 68.4. The number of methoxy groups -OCH3 is 1. The van der Waals surface area contributed by atoms with Crippen LogP contribution in [-0.2, 0) is 90.2 Å². The molecule has 12 rings (SSSR count). The number of imidazole rings is 4. The number of carbonyl (C=O) groups is 11. The average Bonchev–Trinajstić information content (AvgIpc) is 1.61. The van der Waals surface area contributed by atoms with Gasteiger partial charge in [-0.2, -0.15) is 10.2 Å². The number of benzene rings is 4. The highest BCUT2D eigenvalue weighted by Crippen LogP contribution is 2.41. The molecule has 0 bridgehead atoms. The third-order valence-corrected chi connectivity index (χ3v) is 21.2. The Kier molecular flexibility index (Phi) is 27.2. The minimum Gasteiger partial charge on any atom is -0.494 e. The van der Waals surface area contributed by atoms with E-state index in [1.807, 2.05) is 13.8 Å². The highest BCUT2D eigenvalue weighted by atomic mass is 35.5. The molecule has 0 saturated heterocycles. The predicted molar refractivity (Wildman–Crippen MR) is 442 cm³/mol. The fourth-order valence-electron chi connectivity index (χ4n) is 14.6. The number of fused-ring (bicyclic) bond motifs is 4. The number of hydrogen-bond acceptors (Lipinski definition) is 21. The van der Waals surface area contributed by atoms with Crippen molar-refractivity contribution in [1.82, 2.24) is 83.5 Å². The van der Waals surface area contributed by atoms with Crippen LogP contribution in [0.5, 0.6) is 11.5 Å². The van der Waals surface area contributed by atoms with E-state index in [2.05, 4.69) is 62.2 Å². The van der Waals surface area contributed by atoms with E-state index >= 15 is 0 Å². The van der Waals surface area contributed by atoms with Crippen molar-refractivity contribution in [2.75, 3.05) is 74.3 Å². The number of hydrogen-bond donors (Lipinski definition) is 11. The van der Waals surface area contributed by atoms with Crippen LogP contribution in [-0.4, -0.2) is 202 Å². The summed E-state index contributed by atoms with van der Waals surface area (Å²) < 4.78 is 21.9. The molecule has 8 heterocycles. The molecule has 13 N–H and O–H groups in total. The standard InChI is InChI=1S/C80H91Cl2N23O15/c1-8-104-58(33-43(3)96-104)75(115)94-79-92-51-35-45(70(83)112)37-60(119-7)68(51)102(79)28-10-11-29-103-69-52(93-80(103)95-76(116)59-34-44(4)97-105(59)9-2)36-46(71(84)113)38-61(69)120-32-16-25-85-63(107)40-86-74(114)53(39-65(110)111)87-62(106)21-14-26-100-30-23-56-54(41-100)88-72(98(56)5)77(117)90-49-19-12-17-47(66(49)81)48-18-13-20-50(67(48)82)91-78(118)73-89-55-42-101(27-15-22-64(108)109)31-24-57(55)99(73)6/h10-13,17-20,33-38,53H,8-9,14-16,21-32,39-42H2,1-7H3,(H2,83,112)(H2,84,113)(H,85,107)(H,86,114)(H,87,106)(H,90,117)(H,91,118)(H,108,109)(H,110,111)(H,92,94,115)(H,93,95,116)/b11-10+/t53-/m0/s1. The van der Waals surface area contributed by atoms with Crippen molar-refractivity contribution in [3.05, 3.63) is 163 Å². The summed E-state index contributed by atoms with van der Waals surface area (Å²) in [6.45, 7) is 10.4. The van der Waals surface area contributed by atoms with E-state index in [0.717, 1.165) is 17.1 Å². The number of carboxylic acids is 2. The number of allylic oxidation sites excluding steroid dienone is 2. The zero-order valence-electron chi connectivity index (χ0n) is 66.9. The van der Waals surface area contributed by atoms with Gasteiger partial charge < -0.3 is 76.0 Å². The first-order valence-electron chi connectivity index (χ1n) is 38.7. The quantitative estimate of drug-likeness (QED) is 0.0149. The zero-order chi connectivity index (χ0) is 85.9. The summed E-state index contributed by atoms with van der Waals surface area (Å²) in [7, 11) is 4.93. The number of carboxylic acid groups (broad SMARTS) is 2. The second kappa shape index (κ2) is 37.9. The van der Waals surface area contributed by atoms with Gasteiger partial charge in [-0.3, -0.25) is 82.5 Å². The van der Waals surface area contributed by atoms with Gasteiger partial charge in [-0.1, -0.05) is 59.6 Å². The molecule has 1 atom stereocenters. The van der Waals surface area contributed by atoms with E-state index in [9.17, 15) is 57.8 Å². The fraction of sp³-hybridized carbons (Fsp3) is 0.362. The lowest BCUT2D eigenvalue weighted by Gasteiger charge is -2.26. The highest BCUT2D eigenvalue weighted by Gasteiger charge is 2.32. The summed E-state index contributed by atoms with van der Waals surface area (Å²) in [6.07, 6.45) is 4.81. The first-order chi connectivity index (χ1) is 57.5. The van der Waals surface area contributed by atoms with Crippen molar-refractivity contribution in [3.63, 3.8) is 0 Å². The van der Waals surface area contributed by atoms with Gasteiger partial charge in [0, 0.05) is 132 Å². The molecule has 0 radical (unpaired) electrons. The van der Waals surface area contributed by atoms with Crippen molar-refractivity contribution in [1.29, 1.82) is 0 Å². The number of rotatable bonds is 37. The van der Waals surface area contributed by atoms with E-state index in [-0.39, 0.29) is 130 Å². The van der Waals surface area contributed by atoms with Crippen LogP contribution in [0, 0.1) is 13.8 Å². The van der Waals surface area contributed by atoms with Crippen LogP contribution in [0.15, 0.2) is 84.9 Å². The number of halogens is 2. The van der Waals surface area contributed by atoms with Crippen molar-refractivity contribution in [3.8, 4) is 22.6 Å². The van der Waals surface area contributed by atoms with E-state index in [1.54, 1.807) is 112 Å². The summed E-state index contributed by atoms with van der Waals surface area (Å²) in [4.78, 5) is 167. The van der Waals surface area contributed by atoms with Crippen LogP contribution in [0.25, 0.3) is 33.2 Å². The summed E-state index contributed by atoms with van der Waals surface area (Å²) >= 11 is 14.0. The Morgan fingerprint density at radius 1 is 0.583 bits per heavy atom. The van der Waals surface area contributed by atoms with Crippen LogP contribution < -0.4 is 58.2 Å². The molecule has 630 valence electrons. The number of aryl methyl sites for hydroxylation is 4. The van der Waals surface area contributed by atoms with E-state index in [1.165, 1.54) is 36.1 Å². The molecule has 0 aliphatic carbocycles. The summed E-state index contributed by atoms with van der Waals surface area (Å²) in [6, 6.07) is 17.7. The number of carbonyl (C=O) groups excluding carboxylic acids is 9. The second-order valence-electron chi connectivity index (χ2n) is 28.7. The van der Waals surface area contributed by atoms with Crippen molar-refractivity contribution >= 4 is 134 Å². The Labute approximate surface area is 696 Å². The minimum atomic E-state index is -1.54. The topological polar surface area (TPSA) is 496 Å². The third kappa shape index (κ3) is 19.7. The summed E-state index contributed by atoms with van der Waals surface area (Å²) in [5.41, 5.74) is 19.3. The number of aliphatic carboxylic acids is 2. The van der Waals surface area contributed by atoms with Gasteiger partial charge in [0.15, 0.2) is 11.6 Å². The van der Waals surface area contributed by atoms with Crippen molar-refractivity contribution < 1.29 is 72.4 Å². The number of nitrogens with zero attached hydrogens (tertiary/aromatic N) is 14. The van der Waals surface area contributed by atoms with Gasteiger partial charge in [0.25, 0.3) is 23.6 Å². The van der Waals surface area contributed by atoms with Crippen molar-refractivity contribution in [2.45, 2.75) is 124 Å². The molecule has 0 spiro atoms. The second-order valence-corrected chi connectivity index (χ2v) is 29.5. The van der Waals surface area contributed by atoms with Crippen molar-refractivity contribution in [2.24, 2.45) is 25.6 Å². The molecule has 0 fully saturated rings. The van der Waals surface area contributed by atoms with Gasteiger partial charge in [-0.15, -0.1) is 0 Å². The number of aromatic nitrogens is 12. The molecule has 6 aromatic heterocycles. The molecule has 2 aliphatic rings. The third-order valence-electron chi connectivity index (χ3n) is 20.4. The molecular formula is C80H91Cl2N23O15. The molecule has 9 amide bonds. The van der Waals surface area contributed by atoms with Gasteiger partial charge in [0.1, 0.15) is 40.0 Å². The lowest BCUT2D eigenvalue weighted by atomic mass is 10.0. The Hall–Kier alpha value is -13.3. The van der Waals surface area contributed by atoms with Gasteiger partial charge in [-0.05, 0) is 109 Å². The molecule has 0 saturated carbocycles. The van der Waals surface area contributed by atoms with Crippen LogP contribution in [0.1, 0.15) is 149 Å². The summed E-state index contributed by atoms with van der Waals surface area (Å²) in [5.74, 6) is -7.25. The number of nitrogens with two attached hydrogens (primary N) is 2. The first-order valence-corrected chi connectivity index (χ1v) is 39.5. The largest absolute Gasteiger partial charge is 0.494 e. The number of anilines is 4. The van der Waals surface area contributed by atoms with Crippen LogP contribution >= 0.6 is 23.2 Å². The molecule has 10 aromatic rings. The lowest BCUT2D eigenvalue weighted by molar-refractivity contribution is -0.140. The normalized spacial score (nSPS) is 13.0. The number of primary amides is 2. The Balaban J connectivity index is 0.632. The molecule has 0 unspecified atom stereocenters. The molecule has 4 aromatic carbocycles. The predicted octanol–water partition coefficient (Wildman–Crippen LogP) is 6.37. The van der Waals surface area contributed by atoms with Crippen LogP contribution in [0.4, 0.5) is 23.3 Å². The van der Waals surface area contributed by atoms with E-state index < -0.39 is 84.1 Å².